The van der Waals surface area contributed by atoms with Gasteiger partial charge in [-0.3, -0.25) is 9.59 Å². The second-order valence-electron chi connectivity index (χ2n) is 5.58. The number of rotatable bonds is 8. The van der Waals surface area contributed by atoms with Crippen LogP contribution in [0.2, 0.25) is 0 Å². The van der Waals surface area contributed by atoms with Crippen molar-refractivity contribution in [3.8, 4) is 5.75 Å². The van der Waals surface area contributed by atoms with E-state index in [1.165, 1.54) is 6.92 Å². The standard InChI is InChI=1S/C17H26N2O3/c1-13(2)18-17(21)9-11-19(14(3)20)10-8-15-6-5-7-16(12-15)22-4/h5-7,12-13H,8-11H2,1-4H3,(H,18,21). The Labute approximate surface area is 132 Å². The molecule has 5 heteroatoms. The van der Waals surface area contributed by atoms with Crippen LogP contribution in [-0.4, -0.2) is 43.0 Å². The number of nitrogens with one attached hydrogen (secondary N) is 1. The van der Waals surface area contributed by atoms with Crippen LogP contribution in [0.4, 0.5) is 0 Å². The van der Waals surface area contributed by atoms with Crippen LogP contribution in [-0.2, 0) is 16.0 Å². The molecule has 2 amide bonds. The summed E-state index contributed by atoms with van der Waals surface area (Å²) in [6.45, 7) is 6.41. The number of carbonyl (C=O) groups excluding carboxylic acids is 2. The average molecular weight is 306 g/mol. The zero-order valence-electron chi connectivity index (χ0n) is 13.9. The third-order valence-electron chi connectivity index (χ3n) is 3.31. The quantitative estimate of drug-likeness (QED) is 0.799. The van der Waals surface area contributed by atoms with Crippen molar-refractivity contribution in [3.63, 3.8) is 0 Å². The van der Waals surface area contributed by atoms with Crippen LogP contribution in [0.15, 0.2) is 24.3 Å². The van der Waals surface area contributed by atoms with E-state index in [0.717, 1.165) is 17.7 Å². The Morgan fingerprint density at radius 2 is 2.00 bits per heavy atom. The highest BCUT2D eigenvalue weighted by molar-refractivity contribution is 5.78. The second-order valence-corrected chi connectivity index (χ2v) is 5.58. The van der Waals surface area contributed by atoms with Gasteiger partial charge in [0.15, 0.2) is 0 Å². The zero-order valence-corrected chi connectivity index (χ0v) is 13.9. The normalized spacial score (nSPS) is 10.4. The fourth-order valence-electron chi connectivity index (χ4n) is 2.15. The number of amides is 2. The van der Waals surface area contributed by atoms with Crippen molar-refractivity contribution in [1.82, 2.24) is 10.2 Å². The summed E-state index contributed by atoms with van der Waals surface area (Å²) < 4.78 is 5.19. The molecule has 0 saturated heterocycles. The van der Waals surface area contributed by atoms with E-state index in [2.05, 4.69) is 5.32 Å². The predicted octanol–water partition coefficient (Wildman–Crippen LogP) is 2.00. The van der Waals surface area contributed by atoms with Crippen molar-refractivity contribution >= 4 is 11.8 Å². The van der Waals surface area contributed by atoms with Crippen LogP contribution in [0, 0.1) is 0 Å². The van der Waals surface area contributed by atoms with Gasteiger partial charge in [-0.25, -0.2) is 0 Å². The van der Waals surface area contributed by atoms with Gasteiger partial charge in [-0.2, -0.15) is 0 Å². The molecule has 22 heavy (non-hydrogen) atoms. The summed E-state index contributed by atoms with van der Waals surface area (Å²) in [6.07, 6.45) is 1.07. The van der Waals surface area contributed by atoms with Gasteiger partial charge in [0.25, 0.3) is 0 Å². The minimum absolute atomic E-state index is 0.0137. The number of methoxy groups -OCH3 is 1. The van der Waals surface area contributed by atoms with E-state index in [9.17, 15) is 9.59 Å². The highest BCUT2D eigenvalue weighted by Crippen LogP contribution is 2.13. The van der Waals surface area contributed by atoms with Gasteiger partial charge >= 0.3 is 0 Å². The van der Waals surface area contributed by atoms with Crippen molar-refractivity contribution in [2.24, 2.45) is 0 Å². The van der Waals surface area contributed by atoms with Crippen molar-refractivity contribution in [2.45, 2.75) is 39.7 Å². The average Bonchev–Trinajstić information content (AvgIpc) is 2.46. The molecule has 0 spiro atoms. The van der Waals surface area contributed by atoms with E-state index >= 15 is 0 Å². The highest BCUT2D eigenvalue weighted by Gasteiger charge is 2.12. The summed E-state index contributed by atoms with van der Waals surface area (Å²) in [5.41, 5.74) is 1.11. The molecule has 1 aromatic rings. The predicted molar refractivity (Wildman–Crippen MR) is 86.8 cm³/mol. The van der Waals surface area contributed by atoms with E-state index in [1.807, 2.05) is 38.1 Å². The van der Waals surface area contributed by atoms with Crippen molar-refractivity contribution in [3.05, 3.63) is 29.8 Å². The Bertz CT molecular complexity index is 500. The Morgan fingerprint density at radius 1 is 1.27 bits per heavy atom. The fraction of sp³-hybridized carbons (Fsp3) is 0.529. The molecular weight excluding hydrogens is 280 g/mol. The largest absolute Gasteiger partial charge is 0.497 e. The molecule has 0 unspecified atom stereocenters. The molecule has 122 valence electrons. The lowest BCUT2D eigenvalue weighted by molar-refractivity contribution is -0.129. The Morgan fingerprint density at radius 3 is 2.59 bits per heavy atom. The number of hydrogen-bond donors (Lipinski definition) is 1. The molecule has 0 fully saturated rings. The summed E-state index contributed by atoms with van der Waals surface area (Å²) in [7, 11) is 1.63. The van der Waals surface area contributed by atoms with Crippen LogP contribution >= 0.6 is 0 Å². The Kier molecular flexibility index (Phi) is 7.43. The van der Waals surface area contributed by atoms with E-state index in [-0.39, 0.29) is 17.9 Å². The molecule has 0 saturated carbocycles. The van der Waals surface area contributed by atoms with Crippen LogP contribution in [0.5, 0.6) is 5.75 Å². The smallest absolute Gasteiger partial charge is 0.221 e. The molecule has 0 aliphatic rings. The third-order valence-corrected chi connectivity index (χ3v) is 3.31. The number of nitrogens with zero attached hydrogens (tertiary/aromatic N) is 1. The van der Waals surface area contributed by atoms with Crippen LogP contribution in [0.25, 0.3) is 0 Å². The zero-order chi connectivity index (χ0) is 16.5. The maximum Gasteiger partial charge on any atom is 0.221 e. The number of carbonyl (C=O) groups is 2. The second kappa shape index (κ2) is 9.07. The topological polar surface area (TPSA) is 58.6 Å². The van der Waals surface area contributed by atoms with Crippen molar-refractivity contribution < 1.29 is 14.3 Å². The van der Waals surface area contributed by atoms with E-state index in [1.54, 1.807) is 12.0 Å². The minimum Gasteiger partial charge on any atom is -0.497 e. The molecule has 0 aliphatic carbocycles. The first kappa shape index (κ1) is 18.0. The monoisotopic (exact) mass is 306 g/mol. The molecule has 1 aromatic carbocycles. The summed E-state index contributed by atoms with van der Waals surface area (Å²) in [5.74, 6) is 0.769. The first-order valence-corrected chi connectivity index (χ1v) is 7.60. The summed E-state index contributed by atoms with van der Waals surface area (Å²) in [6, 6.07) is 7.91. The van der Waals surface area contributed by atoms with Crippen molar-refractivity contribution in [1.29, 1.82) is 0 Å². The number of ether oxygens (including phenoxy) is 1. The van der Waals surface area contributed by atoms with Crippen molar-refractivity contribution in [2.75, 3.05) is 20.2 Å². The van der Waals surface area contributed by atoms with E-state index in [4.69, 9.17) is 4.74 Å². The summed E-state index contributed by atoms with van der Waals surface area (Å²) in [4.78, 5) is 25.1. The maximum atomic E-state index is 11.7. The fourth-order valence-corrected chi connectivity index (χ4v) is 2.15. The van der Waals surface area contributed by atoms with Gasteiger partial charge in [-0.05, 0) is 38.0 Å². The highest BCUT2D eigenvalue weighted by atomic mass is 16.5. The molecule has 1 rings (SSSR count). The Balaban J connectivity index is 2.50. The van der Waals surface area contributed by atoms with Gasteiger partial charge in [0, 0.05) is 32.5 Å². The lowest BCUT2D eigenvalue weighted by atomic mass is 10.1. The molecule has 0 aliphatic heterocycles. The van der Waals surface area contributed by atoms with Gasteiger partial charge < -0.3 is 15.0 Å². The molecule has 5 nitrogen and oxygen atoms in total. The SMILES string of the molecule is COc1cccc(CCN(CCC(=O)NC(C)C)C(C)=O)c1. The molecular formula is C17H26N2O3. The first-order valence-electron chi connectivity index (χ1n) is 7.60. The first-order chi connectivity index (χ1) is 10.4. The van der Waals surface area contributed by atoms with E-state index < -0.39 is 0 Å². The lowest BCUT2D eigenvalue weighted by Gasteiger charge is -2.21. The van der Waals surface area contributed by atoms with E-state index in [0.29, 0.717) is 19.5 Å². The molecule has 0 atom stereocenters. The van der Waals surface area contributed by atoms with Gasteiger partial charge in [-0.15, -0.1) is 0 Å². The van der Waals surface area contributed by atoms with Crippen LogP contribution in [0.3, 0.4) is 0 Å². The van der Waals surface area contributed by atoms with Gasteiger partial charge in [0.05, 0.1) is 7.11 Å². The summed E-state index contributed by atoms with van der Waals surface area (Å²) in [5, 5.41) is 2.83. The van der Waals surface area contributed by atoms with Crippen LogP contribution in [0.1, 0.15) is 32.8 Å². The molecule has 0 heterocycles. The third kappa shape index (κ3) is 6.61. The molecule has 0 bridgehead atoms. The number of benzene rings is 1. The Hall–Kier alpha value is -2.04. The molecule has 1 N–H and O–H groups in total. The van der Waals surface area contributed by atoms with Gasteiger partial charge in [0.2, 0.25) is 11.8 Å². The molecule has 0 radical (unpaired) electrons. The summed E-state index contributed by atoms with van der Waals surface area (Å²) >= 11 is 0. The lowest BCUT2D eigenvalue weighted by Crippen LogP contribution is -2.37. The van der Waals surface area contributed by atoms with Gasteiger partial charge in [-0.1, -0.05) is 12.1 Å². The number of hydrogen-bond acceptors (Lipinski definition) is 3. The molecule has 0 aromatic heterocycles. The maximum absolute atomic E-state index is 11.7. The van der Waals surface area contributed by atoms with Gasteiger partial charge in [0.1, 0.15) is 5.75 Å². The minimum atomic E-state index is -0.0253. The van der Waals surface area contributed by atoms with Crippen LogP contribution < -0.4 is 10.1 Å².